The van der Waals surface area contributed by atoms with Crippen molar-refractivity contribution >= 4 is 5.97 Å². The molecule has 1 aliphatic heterocycles. The quantitative estimate of drug-likeness (QED) is 0.750. The van der Waals surface area contributed by atoms with E-state index in [2.05, 4.69) is 5.32 Å². The van der Waals surface area contributed by atoms with Crippen molar-refractivity contribution in [2.45, 2.75) is 24.8 Å². The zero-order chi connectivity index (χ0) is 13.0. The molecule has 3 atom stereocenters. The lowest BCUT2D eigenvalue weighted by atomic mass is 9.78. The second kappa shape index (κ2) is 5.98. The highest BCUT2D eigenvalue weighted by Crippen LogP contribution is 2.32. The molecule has 0 aromatic heterocycles. The number of benzene rings is 1. The first kappa shape index (κ1) is 13.1. The summed E-state index contributed by atoms with van der Waals surface area (Å²) in [6, 6.07) is 9.36. The Labute approximate surface area is 107 Å². The molecule has 0 amide bonds. The highest BCUT2D eigenvalue weighted by molar-refractivity contribution is 5.73. The zero-order valence-corrected chi connectivity index (χ0v) is 10.2. The molecule has 2 rings (SSSR count). The fourth-order valence-electron chi connectivity index (χ4n) is 2.73. The van der Waals surface area contributed by atoms with Gasteiger partial charge in [0.05, 0.1) is 6.61 Å². The van der Waals surface area contributed by atoms with Crippen LogP contribution < -0.4 is 5.32 Å². The van der Waals surface area contributed by atoms with Gasteiger partial charge in [0.25, 0.3) is 0 Å². The number of carbonyl (C=O) groups is 1. The molecule has 1 aromatic carbocycles. The van der Waals surface area contributed by atoms with E-state index in [0.717, 1.165) is 12.0 Å². The minimum absolute atomic E-state index is 0.0372. The topological polar surface area (TPSA) is 69.6 Å². The first-order valence-corrected chi connectivity index (χ1v) is 6.34. The average Bonchev–Trinajstić information content (AvgIpc) is 2.41. The molecule has 0 saturated carbocycles. The highest BCUT2D eigenvalue weighted by atomic mass is 16.4. The van der Waals surface area contributed by atoms with Crippen LogP contribution in [-0.2, 0) is 4.79 Å². The second-order valence-corrected chi connectivity index (χ2v) is 4.83. The SMILES string of the molecule is O=C(O)[C@@H]1C[C@H]([C@@H](CO)c2ccccc2)CCN1. The Balaban J connectivity index is 2.11. The van der Waals surface area contributed by atoms with Crippen LogP contribution in [0, 0.1) is 5.92 Å². The van der Waals surface area contributed by atoms with Gasteiger partial charge in [-0.05, 0) is 30.9 Å². The molecule has 0 unspecified atom stereocenters. The van der Waals surface area contributed by atoms with Crippen molar-refractivity contribution in [3.05, 3.63) is 35.9 Å². The van der Waals surface area contributed by atoms with Crippen molar-refractivity contribution < 1.29 is 15.0 Å². The molecule has 98 valence electrons. The van der Waals surface area contributed by atoms with Crippen molar-refractivity contribution in [2.24, 2.45) is 5.92 Å². The summed E-state index contributed by atoms with van der Waals surface area (Å²) in [6.07, 6.45) is 1.49. The van der Waals surface area contributed by atoms with E-state index in [4.69, 9.17) is 5.11 Å². The van der Waals surface area contributed by atoms with E-state index in [-0.39, 0.29) is 18.4 Å². The van der Waals surface area contributed by atoms with Crippen LogP contribution in [0.3, 0.4) is 0 Å². The van der Waals surface area contributed by atoms with Gasteiger partial charge in [0.15, 0.2) is 0 Å². The maximum Gasteiger partial charge on any atom is 0.320 e. The lowest BCUT2D eigenvalue weighted by molar-refractivity contribution is -0.140. The number of rotatable bonds is 4. The number of hydrogen-bond acceptors (Lipinski definition) is 3. The van der Waals surface area contributed by atoms with Crippen LogP contribution in [0.25, 0.3) is 0 Å². The van der Waals surface area contributed by atoms with Crippen LogP contribution in [0.4, 0.5) is 0 Å². The maximum absolute atomic E-state index is 11.0. The van der Waals surface area contributed by atoms with Gasteiger partial charge in [-0.1, -0.05) is 30.3 Å². The van der Waals surface area contributed by atoms with Crippen molar-refractivity contribution in [3.63, 3.8) is 0 Å². The maximum atomic E-state index is 11.0. The summed E-state index contributed by atoms with van der Waals surface area (Å²) in [6.45, 7) is 0.770. The molecule has 1 aliphatic rings. The summed E-state index contributed by atoms with van der Waals surface area (Å²) in [5, 5.41) is 21.6. The smallest absolute Gasteiger partial charge is 0.320 e. The number of aliphatic hydroxyl groups excluding tert-OH is 1. The fraction of sp³-hybridized carbons (Fsp3) is 0.500. The molecule has 0 radical (unpaired) electrons. The Morgan fingerprint density at radius 1 is 1.39 bits per heavy atom. The summed E-state index contributed by atoms with van der Waals surface area (Å²) < 4.78 is 0. The molecule has 1 aromatic rings. The molecule has 4 heteroatoms. The van der Waals surface area contributed by atoms with E-state index in [1.807, 2.05) is 30.3 Å². The number of aliphatic hydroxyl groups is 1. The minimum Gasteiger partial charge on any atom is -0.480 e. The minimum atomic E-state index is -0.801. The van der Waals surface area contributed by atoms with Crippen molar-refractivity contribution in [1.29, 1.82) is 0 Å². The number of carboxylic acid groups (broad SMARTS) is 1. The Morgan fingerprint density at radius 3 is 2.72 bits per heavy atom. The number of nitrogens with one attached hydrogen (secondary N) is 1. The number of aliphatic carboxylic acids is 1. The second-order valence-electron chi connectivity index (χ2n) is 4.83. The van der Waals surface area contributed by atoms with Gasteiger partial charge in [0, 0.05) is 5.92 Å². The molecule has 0 bridgehead atoms. The number of piperidine rings is 1. The van der Waals surface area contributed by atoms with Crippen LogP contribution in [0.5, 0.6) is 0 Å². The predicted octanol–water partition coefficient (Wildman–Crippen LogP) is 1.22. The summed E-state index contributed by atoms with van der Waals surface area (Å²) in [5.41, 5.74) is 1.09. The molecular formula is C14H19NO3. The first-order valence-electron chi connectivity index (χ1n) is 6.34. The number of carboxylic acids is 1. The van der Waals surface area contributed by atoms with Crippen LogP contribution in [-0.4, -0.2) is 35.4 Å². The molecule has 0 aliphatic carbocycles. The summed E-state index contributed by atoms with van der Waals surface area (Å²) in [5.74, 6) is -0.542. The lowest BCUT2D eigenvalue weighted by Gasteiger charge is -2.33. The Morgan fingerprint density at radius 2 is 2.11 bits per heavy atom. The van der Waals surface area contributed by atoms with E-state index in [9.17, 15) is 9.90 Å². The molecule has 4 nitrogen and oxygen atoms in total. The van der Waals surface area contributed by atoms with E-state index in [1.54, 1.807) is 0 Å². The fourth-order valence-corrected chi connectivity index (χ4v) is 2.73. The van der Waals surface area contributed by atoms with Gasteiger partial charge in [0.1, 0.15) is 6.04 Å². The van der Waals surface area contributed by atoms with Gasteiger partial charge in [-0.2, -0.15) is 0 Å². The third-order valence-electron chi connectivity index (χ3n) is 3.74. The van der Waals surface area contributed by atoms with Crippen molar-refractivity contribution in [3.8, 4) is 0 Å². The first-order chi connectivity index (χ1) is 8.72. The van der Waals surface area contributed by atoms with Gasteiger partial charge in [-0.3, -0.25) is 4.79 Å². The largest absolute Gasteiger partial charge is 0.480 e. The van der Waals surface area contributed by atoms with Gasteiger partial charge in [-0.15, -0.1) is 0 Å². The Hall–Kier alpha value is -1.39. The molecule has 1 heterocycles. The molecular weight excluding hydrogens is 230 g/mol. The third kappa shape index (κ3) is 2.89. The highest BCUT2D eigenvalue weighted by Gasteiger charge is 2.31. The summed E-state index contributed by atoms with van der Waals surface area (Å²) in [7, 11) is 0. The lowest BCUT2D eigenvalue weighted by Crippen LogP contribution is -2.45. The van der Waals surface area contributed by atoms with E-state index in [0.29, 0.717) is 13.0 Å². The van der Waals surface area contributed by atoms with E-state index in [1.165, 1.54) is 0 Å². The normalized spacial score (nSPS) is 25.6. The van der Waals surface area contributed by atoms with Gasteiger partial charge >= 0.3 is 5.97 Å². The molecule has 0 spiro atoms. The van der Waals surface area contributed by atoms with Crippen LogP contribution >= 0.6 is 0 Å². The molecule has 3 N–H and O–H groups in total. The van der Waals surface area contributed by atoms with Crippen LogP contribution in [0.2, 0.25) is 0 Å². The van der Waals surface area contributed by atoms with Gasteiger partial charge < -0.3 is 15.5 Å². The standard InChI is InChI=1S/C14H19NO3/c16-9-12(10-4-2-1-3-5-10)11-6-7-15-13(8-11)14(17)18/h1-5,11-13,15-16H,6-9H2,(H,17,18)/t11-,12+,13+/m1/s1. The van der Waals surface area contributed by atoms with E-state index >= 15 is 0 Å². The zero-order valence-electron chi connectivity index (χ0n) is 10.2. The van der Waals surface area contributed by atoms with Crippen LogP contribution in [0.1, 0.15) is 24.3 Å². The number of hydrogen-bond donors (Lipinski definition) is 3. The van der Waals surface area contributed by atoms with Crippen molar-refractivity contribution in [2.75, 3.05) is 13.2 Å². The summed E-state index contributed by atoms with van der Waals surface area (Å²) in [4.78, 5) is 11.0. The molecule has 1 fully saturated rings. The summed E-state index contributed by atoms with van der Waals surface area (Å²) >= 11 is 0. The predicted molar refractivity (Wildman–Crippen MR) is 68.4 cm³/mol. The monoisotopic (exact) mass is 249 g/mol. The Kier molecular flexibility index (Phi) is 4.33. The Bertz CT molecular complexity index is 393. The van der Waals surface area contributed by atoms with Crippen molar-refractivity contribution in [1.82, 2.24) is 5.32 Å². The molecule has 18 heavy (non-hydrogen) atoms. The van der Waals surface area contributed by atoms with Crippen LogP contribution in [0.15, 0.2) is 30.3 Å². The third-order valence-corrected chi connectivity index (χ3v) is 3.74. The van der Waals surface area contributed by atoms with Gasteiger partial charge in [-0.25, -0.2) is 0 Å². The van der Waals surface area contributed by atoms with Gasteiger partial charge in [0.2, 0.25) is 0 Å². The molecule has 1 saturated heterocycles. The van der Waals surface area contributed by atoms with E-state index < -0.39 is 12.0 Å². The average molecular weight is 249 g/mol.